The highest BCUT2D eigenvalue weighted by molar-refractivity contribution is 5.27. The Balaban J connectivity index is 1.93. The molecule has 0 spiro atoms. The maximum Gasteiger partial charge on any atom is 0.332 e. The van der Waals surface area contributed by atoms with E-state index in [4.69, 9.17) is 4.74 Å². The van der Waals surface area contributed by atoms with E-state index in [1.807, 2.05) is 30.3 Å². The van der Waals surface area contributed by atoms with Crippen molar-refractivity contribution >= 4 is 0 Å². The Kier molecular flexibility index (Phi) is 5.53. The Hall–Kier alpha value is -3.59. The van der Waals surface area contributed by atoms with Gasteiger partial charge in [0.1, 0.15) is 11.8 Å². The van der Waals surface area contributed by atoms with Crippen LogP contribution in [0.2, 0.25) is 0 Å². The molecule has 1 unspecified atom stereocenters. The standard InChI is InChI=1S/C21H19N3O3/c1-27-19-9-7-17(8-10-19)15-24-20(25)11-12-23(21(24)26)18(14-22)13-16-5-3-2-4-6-16/h2-12,18H,13,15H2,1H3. The number of benzene rings is 2. The van der Waals surface area contributed by atoms with Gasteiger partial charge in [0.05, 0.1) is 19.7 Å². The highest BCUT2D eigenvalue weighted by atomic mass is 16.5. The Morgan fingerprint density at radius 1 is 1.00 bits per heavy atom. The van der Waals surface area contributed by atoms with E-state index in [1.54, 1.807) is 31.4 Å². The topological polar surface area (TPSA) is 77.0 Å². The summed E-state index contributed by atoms with van der Waals surface area (Å²) in [4.78, 5) is 25.1. The van der Waals surface area contributed by atoms with Crippen LogP contribution in [0.15, 0.2) is 76.4 Å². The summed E-state index contributed by atoms with van der Waals surface area (Å²) in [6.07, 6.45) is 1.78. The minimum absolute atomic E-state index is 0.131. The van der Waals surface area contributed by atoms with Gasteiger partial charge in [0.25, 0.3) is 5.56 Å². The van der Waals surface area contributed by atoms with Gasteiger partial charge in [-0.25, -0.2) is 4.79 Å². The quantitative estimate of drug-likeness (QED) is 0.675. The normalized spacial score (nSPS) is 11.6. The van der Waals surface area contributed by atoms with E-state index in [2.05, 4.69) is 6.07 Å². The summed E-state index contributed by atoms with van der Waals surface area (Å²) >= 11 is 0. The van der Waals surface area contributed by atoms with Gasteiger partial charge in [0.2, 0.25) is 0 Å². The van der Waals surface area contributed by atoms with Gasteiger partial charge in [-0.3, -0.25) is 13.9 Å². The van der Waals surface area contributed by atoms with Crippen molar-refractivity contribution in [2.75, 3.05) is 7.11 Å². The van der Waals surface area contributed by atoms with Gasteiger partial charge in [-0.2, -0.15) is 5.26 Å². The molecule has 0 aliphatic heterocycles. The van der Waals surface area contributed by atoms with E-state index in [-0.39, 0.29) is 6.54 Å². The lowest BCUT2D eigenvalue weighted by Gasteiger charge is -2.15. The zero-order valence-corrected chi connectivity index (χ0v) is 14.9. The minimum atomic E-state index is -0.692. The van der Waals surface area contributed by atoms with Crippen molar-refractivity contribution in [2.24, 2.45) is 0 Å². The maximum atomic E-state index is 12.9. The summed E-state index contributed by atoms with van der Waals surface area (Å²) in [5.41, 5.74) is 0.845. The first-order valence-electron chi connectivity index (χ1n) is 8.51. The fraction of sp³-hybridized carbons (Fsp3) is 0.190. The van der Waals surface area contributed by atoms with Crippen molar-refractivity contribution < 1.29 is 4.74 Å². The Morgan fingerprint density at radius 2 is 1.70 bits per heavy atom. The third-order valence-corrected chi connectivity index (χ3v) is 4.35. The van der Waals surface area contributed by atoms with Crippen LogP contribution in [0.25, 0.3) is 0 Å². The smallest absolute Gasteiger partial charge is 0.332 e. The van der Waals surface area contributed by atoms with E-state index < -0.39 is 17.3 Å². The van der Waals surface area contributed by atoms with E-state index in [0.717, 1.165) is 15.7 Å². The first-order valence-corrected chi connectivity index (χ1v) is 8.51. The van der Waals surface area contributed by atoms with Crippen LogP contribution in [0, 0.1) is 11.3 Å². The first-order chi connectivity index (χ1) is 13.1. The average molecular weight is 361 g/mol. The Bertz CT molecular complexity index is 1060. The van der Waals surface area contributed by atoms with Crippen molar-refractivity contribution in [1.29, 1.82) is 5.26 Å². The number of hydrogen-bond acceptors (Lipinski definition) is 4. The number of hydrogen-bond donors (Lipinski definition) is 0. The van der Waals surface area contributed by atoms with Crippen molar-refractivity contribution in [3.05, 3.63) is 98.8 Å². The molecule has 1 atom stereocenters. The molecule has 2 aromatic carbocycles. The highest BCUT2D eigenvalue weighted by Crippen LogP contribution is 2.13. The van der Waals surface area contributed by atoms with Crippen LogP contribution in [-0.4, -0.2) is 16.2 Å². The summed E-state index contributed by atoms with van der Waals surface area (Å²) in [7, 11) is 1.57. The molecule has 0 radical (unpaired) electrons. The fourth-order valence-corrected chi connectivity index (χ4v) is 2.87. The first kappa shape index (κ1) is 18.2. The molecule has 0 bridgehead atoms. The van der Waals surface area contributed by atoms with Crippen molar-refractivity contribution in [3.8, 4) is 11.8 Å². The maximum absolute atomic E-state index is 12.9. The third kappa shape index (κ3) is 4.15. The average Bonchev–Trinajstić information content (AvgIpc) is 2.71. The van der Waals surface area contributed by atoms with Crippen molar-refractivity contribution in [2.45, 2.75) is 19.0 Å². The molecule has 0 aliphatic rings. The van der Waals surface area contributed by atoms with Gasteiger partial charge < -0.3 is 4.74 Å². The van der Waals surface area contributed by atoms with Crippen LogP contribution in [0.3, 0.4) is 0 Å². The molecular weight excluding hydrogens is 342 g/mol. The molecule has 0 aliphatic carbocycles. The number of nitrogens with zero attached hydrogens (tertiary/aromatic N) is 3. The van der Waals surface area contributed by atoms with E-state index in [0.29, 0.717) is 12.2 Å². The SMILES string of the molecule is COc1ccc(Cn2c(=O)ccn(C(C#N)Cc3ccccc3)c2=O)cc1. The highest BCUT2D eigenvalue weighted by Gasteiger charge is 2.15. The summed E-state index contributed by atoms with van der Waals surface area (Å²) in [5, 5.41) is 9.56. The fourth-order valence-electron chi connectivity index (χ4n) is 2.87. The molecule has 6 heteroatoms. The molecule has 136 valence electrons. The molecule has 3 aromatic rings. The Labute approximate surface area is 156 Å². The summed E-state index contributed by atoms with van der Waals surface area (Å²) in [6, 6.07) is 19.4. The van der Waals surface area contributed by atoms with Crippen molar-refractivity contribution in [3.63, 3.8) is 0 Å². The zero-order chi connectivity index (χ0) is 19.2. The van der Waals surface area contributed by atoms with Gasteiger partial charge in [0.15, 0.2) is 0 Å². The second-order valence-corrected chi connectivity index (χ2v) is 6.11. The van der Waals surface area contributed by atoms with Crippen molar-refractivity contribution in [1.82, 2.24) is 9.13 Å². The van der Waals surface area contributed by atoms with E-state index in [1.165, 1.54) is 16.8 Å². The molecule has 0 saturated carbocycles. The molecule has 0 fully saturated rings. The molecule has 1 aromatic heterocycles. The Morgan fingerprint density at radius 3 is 2.33 bits per heavy atom. The summed E-state index contributed by atoms with van der Waals surface area (Å²) in [6.45, 7) is 0.131. The predicted molar refractivity (Wildman–Crippen MR) is 102 cm³/mol. The van der Waals surface area contributed by atoms with E-state index in [9.17, 15) is 14.9 Å². The number of nitriles is 1. The molecule has 3 rings (SSSR count). The lowest BCUT2D eigenvalue weighted by Crippen LogP contribution is -2.40. The second-order valence-electron chi connectivity index (χ2n) is 6.11. The molecule has 6 nitrogen and oxygen atoms in total. The second kappa shape index (κ2) is 8.19. The van der Waals surface area contributed by atoms with Crippen LogP contribution < -0.4 is 16.0 Å². The van der Waals surface area contributed by atoms with Gasteiger partial charge >= 0.3 is 5.69 Å². The lowest BCUT2D eigenvalue weighted by atomic mass is 10.1. The molecule has 27 heavy (non-hydrogen) atoms. The van der Waals surface area contributed by atoms with Gasteiger partial charge in [-0.05, 0) is 23.3 Å². The van der Waals surface area contributed by atoms with Crippen LogP contribution in [0.5, 0.6) is 5.75 Å². The largest absolute Gasteiger partial charge is 0.497 e. The number of methoxy groups -OCH3 is 1. The molecular formula is C21H19N3O3. The van der Waals surface area contributed by atoms with Gasteiger partial charge in [-0.1, -0.05) is 42.5 Å². The third-order valence-electron chi connectivity index (χ3n) is 4.35. The monoisotopic (exact) mass is 361 g/mol. The van der Waals surface area contributed by atoms with Gasteiger partial charge in [0, 0.05) is 18.7 Å². The van der Waals surface area contributed by atoms with Gasteiger partial charge in [-0.15, -0.1) is 0 Å². The lowest BCUT2D eigenvalue weighted by molar-refractivity contribution is 0.414. The van der Waals surface area contributed by atoms with Crippen LogP contribution in [0.1, 0.15) is 17.2 Å². The number of rotatable bonds is 6. The summed E-state index contributed by atoms with van der Waals surface area (Å²) < 4.78 is 7.57. The summed E-state index contributed by atoms with van der Waals surface area (Å²) in [5.74, 6) is 0.698. The van der Waals surface area contributed by atoms with E-state index >= 15 is 0 Å². The van der Waals surface area contributed by atoms with Crippen LogP contribution in [0.4, 0.5) is 0 Å². The number of aromatic nitrogens is 2. The molecule has 0 saturated heterocycles. The van der Waals surface area contributed by atoms with Crippen LogP contribution in [-0.2, 0) is 13.0 Å². The minimum Gasteiger partial charge on any atom is -0.497 e. The zero-order valence-electron chi connectivity index (χ0n) is 14.9. The predicted octanol–water partition coefficient (Wildman–Crippen LogP) is 2.37. The molecule has 0 amide bonds. The number of ether oxygens (including phenoxy) is 1. The van der Waals surface area contributed by atoms with Crippen LogP contribution >= 0.6 is 0 Å². The molecule has 0 N–H and O–H groups in total. The molecule has 1 heterocycles.